The van der Waals surface area contributed by atoms with Gasteiger partial charge in [-0.3, -0.25) is 0 Å². The van der Waals surface area contributed by atoms with E-state index < -0.39 is 0 Å². The monoisotopic (exact) mass is 263 g/mol. The lowest BCUT2D eigenvalue weighted by atomic mass is 9.85. The summed E-state index contributed by atoms with van der Waals surface area (Å²) < 4.78 is 0. The summed E-state index contributed by atoms with van der Waals surface area (Å²) in [7, 11) is 0. The zero-order valence-corrected chi connectivity index (χ0v) is 13.8. The van der Waals surface area contributed by atoms with Crippen LogP contribution in [0.1, 0.15) is 73.1 Å². The Kier molecular flexibility index (Phi) is 5.29. The molecule has 110 valence electrons. The van der Waals surface area contributed by atoms with Crippen molar-refractivity contribution in [1.29, 1.82) is 0 Å². The Balaban J connectivity index is 2.87. The molecule has 1 fully saturated rings. The standard InChI is InChI=1S/C18H33N/c1-8-19(16(3)14-17(4,5)6)18(7)12-10-9-11-15(2)13-18/h2-3,8-14H2,1,4-7H3. The zero-order chi connectivity index (χ0) is 14.7. The minimum absolute atomic E-state index is 0.227. The largest absolute Gasteiger partial charge is 0.370 e. The van der Waals surface area contributed by atoms with E-state index in [0.29, 0.717) is 5.41 Å². The minimum atomic E-state index is 0.227. The van der Waals surface area contributed by atoms with E-state index in [2.05, 4.69) is 52.7 Å². The van der Waals surface area contributed by atoms with Gasteiger partial charge in [0.2, 0.25) is 0 Å². The fourth-order valence-corrected chi connectivity index (χ4v) is 3.52. The van der Waals surface area contributed by atoms with Crippen LogP contribution in [0.4, 0.5) is 0 Å². The lowest BCUT2D eigenvalue weighted by Gasteiger charge is -2.45. The molecule has 1 heteroatoms. The van der Waals surface area contributed by atoms with E-state index in [-0.39, 0.29) is 5.54 Å². The van der Waals surface area contributed by atoms with Gasteiger partial charge in [0.25, 0.3) is 0 Å². The van der Waals surface area contributed by atoms with Crippen LogP contribution in [-0.4, -0.2) is 17.0 Å². The Morgan fingerprint density at radius 3 is 2.47 bits per heavy atom. The second-order valence-corrected chi connectivity index (χ2v) is 7.68. The van der Waals surface area contributed by atoms with E-state index in [0.717, 1.165) is 19.4 Å². The second kappa shape index (κ2) is 6.15. The quantitative estimate of drug-likeness (QED) is 0.475. The Hall–Kier alpha value is -0.720. The molecular weight excluding hydrogens is 230 g/mol. The molecule has 19 heavy (non-hydrogen) atoms. The molecule has 0 aromatic rings. The molecule has 0 aromatic heterocycles. The first kappa shape index (κ1) is 16.3. The van der Waals surface area contributed by atoms with Gasteiger partial charge in [-0.15, -0.1) is 0 Å². The SMILES string of the molecule is C=C1CCCCC(C)(N(CC)C(=C)CC(C)(C)C)C1. The van der Waals surface area contributed by atoms with Gasteiger partial charge < -0.3 is 4.90 Å². The van der Waals surface area contributed by atoms with E-state index in [4.69, 9.17) is 0 Å². The molecule has 0 aromatic carbocycles. The molecule has 0 radical (unpaired) electrons. The Morgan fingerprint density at radius 1 is 1.32 bits per heavy atom. The first-order valence-electron chi connectivity index (χ1n) is 7.80. The first-order valence-corrected chi connectivity index (χ1v) is 7.80. The molecule has 1 saturated carbocycles. The predicted molar refractivity (Wildman–Crippen MR) is 86.2 cm³/mol. The summed E-state index contributed by atoms with van der Waals surface area (Å²) in [4.78, 5) is 2.55. The molecule has 1 rings (SSSR count). The van der Waals surface area contributed by atoms with Gasteiger partial charge in [-0.2, -0.15) is 0 Å². The van der Waals surface area contributed by atoms with Crippen molar-refractivity contribution >= 4 is 0 Å². The van der Waals surface area contributed by atoms with Crippen molar-refractivity contribution in [2.45, 2.75) is 78.7 Å². The molecule has 0 spiro atoms. The van der Waals surface area contributed by atoms with E-state index in [1.807, 2.05) is 0 Å². The molecular formula is C18H33N. The summed E-state index contributed by atoms with van der Waals surface area (Å²) >= 11 is 0. The molecule has 1 aliphatic carbocycles. The van der Waals surface area contributed by atoms with Crippen LogP contribution in [0.15, 0.2) is 24.4 Å². The maximum absolute atomic E-state index is 4.38. The van der Waals surface area contributed by atoms with Crippen molar-refractivity contribution in [3.63, 3.8) is 0 Å². The van der Waals surface area contributed by atoms with Gasteiger partial charge in [-0.25, -0.2) is 0 Å². The highest BCUT2D eigenvalue weighted by Crippen LogP contribution is 2.38. The van der Waals surface area contributed by atoms with E-state index in [1.165, 1.54) is 37.0 Å². The molecule has 0 bridgehead atoms. The van der Waals surface area contributed by atoms with Crippen LogP contribution in [0.5, 0.6) is 0 Å². The van der Waals surface area contributed by atoms with Crippen molar-refractivity contribution in [2.24, 2.45) is 5.41 Å². The van der Waals surface area contributed by atoms with Crippen molar-refractivity contribution in [3.05, 3.63) is 24.4 Å². The van der Waals surface area contributed by atoms with Gasteiger partial charge >= 0.3 is 0 Å². The van der Waals surface area contributed by atoms with Crippen LogP contribution in [-0.2, 0) is 0 Å². The van der Waals surface area contributed by atoms with Gasteiger partial charge in [0.05, 0.1) is 0 Å². The lowest BCUT2D eigenvalue weighted by Crippen LogP contribution is -2.45. The van der Waals surface area contributed by atoms with Crippen molar-refractivity contribution < 1.29 is 0 Å². The highest BCUT2D eigenvalue weighted by molar-refractivity contribution is 5.11. The first-order chi connectivity index (χ1) is 8.68. The smallest absolute Gasteiger partial charge is 0.0407 e. The lowest BCUT2D eigenvalue weighted by molar-refractivity contribution is 0.130. The molecule has 0 saturated heterocycles. The average molecular weight is 263 g/mol. The summed E-state index contributed by atoms with van der Waals surface area (Å²) in [6, 6.07) is 0. The molecule has 1 nitrogen and oxygen atoms in total. The summed E-state index contributed by atoms with van der Waals surface area (Å²) in [6.07, 6.45) is 7.29. The molecule has 0 aliphatic heterocycles. The Labute approximate surface area is 120 Å². The zero-order valence-electron chi connectivity index (χ0n) is 13.8. The third kappa shape index (κ3) is 4.71. The fraction of sp³-hybridized carbons (Fsp3) is 0.778. The summed E-state index contributed by atoms with van der Waals surface area (Å²) in [5, 5.41) is 0. The van der Waals surface area contributed by atoms with Gasteiger partial charge in [-0.1, -0.05) is 45.9 Å². The molecule has 0 heterocycles. The van der Waals surface area contributed by atoms with Crippen LogP contribution in [0.2, 0.25) is 0 Å². The molecule has 1 aliphatic rings. The van der Waals surface area contributed by atoms with Crippen molar-refractivity contribution in [2.75, 3.05) is 6.54 Å². The summed E-state index contributed by atoms with van der Waals surface area (Å²) in [5.41, 5.74) is 3.25. The van der Waals surface area contributed by atoms with E-state index in [1.54, 1.807) is 0 Å². The molecule has 0 amide bonds. The molecule has 0 N–H and O–H groups in total. The number of allylic oxidation sites excluding steroid dienone is 1. The van der Waals surface area contributed by atoms with Crippen molar-refractivity contribution in [3.8, 4) is 0 Å². The molecule has 1 unspecified atom stereocenters. The van der Waals surface area contributed by atoms with Gasteiger partial charge in [0.15, 0.2) is 0 Å². The third-order valence-corrected chi connectivity index (χ3v) is 4.21. The minimum Gasteiger partial charge on any atom is -0.370 e. The predicted octanol–water partition coefficient (Wildman–Crippen LogP) is 5.54. The average Bonchev–Trinajstić information content (AvgIpc) is 2.38. The normalized spacial score (nSPS) is 25.0. The van der Waals surface area contributed by atoms with E-state index >= 15 is 0 Å². The summed E-state index contributed by atoms with van der Waals surface area (Å²) in [6.45, 7) is 21.2. The second-order valence-electron chi connectivity index (χ2n) is 7.68. The number of rotatable bonds is 4. The highest BCUT2D eigenvalue weighted by Gasteiger charge is 2.34. The topological polar surface area (TPSA) is 3.24 Å². The van der Waals surface area contributed by atoms with Crippen LogP contribution in [0.3, 0.4) is 0 Å². The van der Waals surface area contributed by atoms with Crippen LogP contribution in [0.25, 0.3) is 0 Å². The number of hydrogen-bond acceptors (Lipinski definition) is 1. The van der Waals surface area contributed by atoms with E-state index in [9.17, 15) is 0 Å². The summed E-state index contributed by atoms with van der Waals surface area (Å²) in [5.74, 6) is 0. The number of nitrogens with zero attached hydrogens (tertiary/aromatic N) is 1. The highest BCUT2D eigenvalue weighted by atomic mass is 15.2. The van der Waals surface area contributed by atoms with Gasteiger partial charge in [0, 0.05) is 17.8 Å². The Morgan fingerprint density at radius 2 is 1.95 bits per heavy atom. The number of hydrogen-bond donors (Lipinski definition) is 0. The maximum Gasteiger partial charge on any atom is 0.0407 e. The van der Waals surface area contributed by atoms with Gasteiger partial charge in [-0.05, 0) is 51.4 Å². The fourth-order valence-electron chi connectivity index (χ4n) is 3.52. The third-order valence-electron chi connectivity index (χ3n) is 4.21. The van der Waals surface area contributed by atoms with Crippen LogP contribution < -0.4 is 0 Å². The van der Waals surface area contributed by atoms with Crippen LogP contribution >= 0.6 is 0 Å². The van der Waals surface area contributed by atoms with Crippen molar-refractivity contribution in [1.82, 2.24) is 4.90 Å². The molecule has 1 atom stereocenters. The van der Waals surface area contributed by atoms with Crippen LogP contribution in [0, 0.1) is 5.41 Å². The van der Waals surface area contributed by atoms with Gasteiger partial charge in [0.1, 0.15) is 0 Å². The Bertz CT molecular complexity index is 334. The maximum atomic E-state index is 4.38.